The Balaban J connectivity index is 2.62. The van der Waals surface area contributed by atoms with Crippen molar-refractivity contribution in [1.82, 2.24) is 0 Å². The Hall–Kier alpha value is -0.860. The SMILES string of the molecule is CCC1C(=O)CCOC1=O. The van der Waals surface area contributed by atoms with Crippen molar-refractivity contribution in [2.75, 3.05) is 6.61 Å². The van der Waals surface area contributed by atoms with Crippen molar-refractivity contribution in [2.24, 2.45) is 5.92 Å². The van der Waals surface area contributed by atoms with Crippen LogP contribution in [0.3, 0.4) is 0 Å². The number of carbonyl (C=O) groups excluding carboxylic acids is 2. The second-order valence-corrected chi connectivity index (χ2v) is 2.34. The van der Waals surface area contributed by atoms with E-state index in [1.807, 2.05) is 6.92 Å². The average Bonchev–Trinajstić information content (AvgIpc) is 1.88. The van der Waals surface area contributed by atoms with E-state index < -0.39 is 5.92 Å². The number of ether oxygens (including phenoxy) is 1. The average molecular weight is 142 g/mol. The maximum atomic E-state index is 10.9. The van der Waals surface area contributed by atoms with Crippen LogP contribution < -0.4 is 0 Å². The van der Waals surface area contributed by atoms with Crippen molar-refractivity contribution >= 4 is 11.8 Å². The van der Waals surface area contributed by atoms with Crippen LogP contribution in [-0.2, 0) is 14.3 Å². The Labute approximate surface area is 59.4 Å². The number of rotatable bonds is 1. The normalized spacial score (nSPS) is 26.3. The minimum atomic E-state index is -0.478. The highest BCUT2D eigenvalue weighted by molar-refractivity contribution is 6.00. The number of esters is 1. The van der Waals surface area contributed by atoms with Crippen LogP contribution in [0, 0.1) is 5.92 Å². The van der Waals surface area contributed by atoms with Gasteiger partial charge in [0.1, 0.15) is 11.7 Å². The Morgan fingerprint density at radius 1 is 1.60 bits per heavy atom. The summed E-state index contributed by atoms with van der Waals surface area (Å²) in [6, 6.07) is 0. The fourth-order valence-corrected chi connectivity index (χ4v) is 1.05. The van der Waals surface area contributed by atoms with E-state index >= 15 is 0 Å². The third-order valence-corrected chi connectivity index (χ3v) is 1.67. The molecule has 3 heteroatoms. The zero-order valence-electron chi connectivity index (χ0n) is 5.92. The lowest BCUT2D eigenvalue weighted by molar-refractivity contribution is -0.157. The quantitative estimate of drug-likeness (QED) is 0.396. The Bertz CT molecular complexity index is 146. The smallest absolute Gasteiger partial charge is 0.316 e. The van der Waals surface area contributed by atoms with Gasteiger partial charge in [0.05, 0.1) is 6.61 Å². The molecule has 0 spiro atoms. The third kappa shape index (κ3) is 1.17. The molecule has 0 N–H and O–H groups in total. The maximum Gasteiger partial charge on any atom is 0.316 e. The molecule has 10 heavy (non-hydrogen) atoms. The molecule has 56 valence electrons. The molecule has 1 rings (SSSR count). The highest BCUT2D eigenvalue weighted by Gasteiger charge is 2.29. The first-order chi connectivity index (χ1) is 4.75. The molecule has 1 aliphatic rings. The zero-order valence-corrected chi connectivity index (χ0v) is 5.92. The van der Waals surface area contributed by atoms with Gasteiger partial charge in [-0.1, -0.05) is 6.92 Å². The molecule has 0 radical (unpaired) electrons. The molecule has 0 aromatic heterocycles. The molecule has 0 aromatic carbocycles. The van der Waals surface area contributed by atoms with Gasteiger partial charge in [-0.3, -0.25) is 9.59 Å². The Morgan fingerprint density at radius 2 is 2.30 bits per heavy atom. The second kappa shape index (κ2) is 2.82. The topological polar surface area (TPSA) is 43.4 Å². The number of hydrogen-bond acceptors (Lipinski definition) is 3. The van der Waals surface area contributed by atoms with E-state index in [1.165, 1.54) is 0 Å². The standard InChI is InChI=1S/C7H10O3/c1-2-5-6(8)3-4-10-7(5)9/h5H,2-4H2,1H3. The fourth-order valence-electron chi connectivity index (χ4n) is 1.05. The highest BCUT2D eigenvalue weighted by atomic mass is 16.5. The molecule has 1 atom stereocenters. The summed E-state index contributed by atoms with van der Waals surface area (Å²) in [6.07, 6.45) is 0.960. The van der Waals surface area contributed by atoms with Crippen LogP contribution in [0.15, 0.2) is 0 Å². The molecule has 1 saturated heterocycles. The van der Waals surface area contributed by atoms with Crippen LogP contribution in [0.2, 0.25) is 0 Å². The molecule has 0 bridgehead atoms. The first-order valence-corrected chi connectivity index (χ1v) is 3.45. The molecule has 0 aromatic rings. The van der Waals surface area contributed by atoms with E-state index in [1.54, 1.807) is 0 Å². The number of hydrogen-bond donors (Lipinski definition) is 0. The molecule has 0 amide bonds. The van der Waals surface area contributed by atoms with E-state index in [-0.39, 0.29) is 18.4 Å². The molecule has 1 unspecified atom stereocenters. The summed E-state index contributed by atoms with van der Waals surface area (Å²) in [5, 5.41) is 0. The maximum absolute atomic E-state index is 10.9. The van der Waals surface area contributed by atoms with Gasteiger partial charge >= 0.3 is 5.97 Å². The summed E-state index contributed by atoms with van der Waals surface area (Å²) in [7, 11) is 0. The van der Waals surface area contributed by atoms with E-state index in [4.69, 9.17) is 4.74 Å². The molecule has 0 aliphatic carbocycles. The molecule has 1 aliphatic heterocycles. The van der Waals surface area contributed by atoms with Gasteiger partial charge in [0.15, 0.2) is 0 Å². The summed E-state index contributed by atoms with van der Waals surface area (Å²) >= 11 is 0. The summed E-state index contributed by atoms with van der Waals surface area (Å²) in [5.41, 5.74) is 0. The lowest BCUT2D eigenvalue weighted by Gasteiger charge is -2.17. The summed E-state index contributed by atoms with van der Waals surface area (Å²) in [5.74, 6) is -0.800. The largest absolute Gasteiger partial charge is 0.465 e. The van der Waals surface area contributed by atoms with Crippen LogP contribution in [0.5, 0.6) is 0 Å². The number of cyclic esters (lactones) is 1. The minimum Gasteiger partial charge on any atom is -0.465 e. The monoisotopic (exact) mass is 142 g/mol. The van der Waals surface area contributed by atoms with Crippen molar-refractivity contribution < 1.29 is 14.3 Å². The molecule has 3 nitrogen and oxygen atoms in total. The predicted octanol–water partition coefficient (Wildman–Crippen LogP) is 0.529. The van der Waals surface area contributed by atoms with Crippen molar-refractivity contribution in [3.05, 3.63) is 0 Å². The van der Waals surface area contributed by atoms with Crippen LogP contribution in [0.25, 0.3) is 0 Å². The lowest BCUT2D eigenvalue weighted by atomic mass is 9.97. The van der Waals surface area contributed by atoms with Gasteiger partial charge in [0.25, 0.3) is 0 Å². The fraction of sp³-hybridized carbons (Fsp3) is 0.714. The van der Waals surface area contributed by atoms with Gasteiger partial charge in [0, 0.05) is 6.42 Å². The highest BCUT2D eigenvalue weighted by Crippen LogP contribution is 2.14. The Morgan fingerprint density at radius 3 is 2.70 bits per heavy atom. The van der Waals surface area contributed by atoms with Crippen LogP contribution in [0.1, 0.15) is 19.8 Å². The molecule has 1 heterocycles. The van der Waals surface area contributed by atoms with Gasteiger partial charge in [-0.2, -0.15) is 0 Å². The van der Waals surface area contributed by atoms with E-state index in [2.05, 4.69) is 0 Å². The van der Waals surface area contributed by atoms with E-state index in [9.17, 15) is 9.59 Å². The number of ketones is 1. The van der Waals surface area contributed by atoms with Crippen molar-refractivity contribution in [3.63, 3.8) is 0 Å². The van der Waals surface area contributed by atoms with Gasteiger partial charge in [-0.25, -0.2) is 0 Å². The molecular weight excluding hydrogens is 132 g/mol. The molecule has 0 saturated carbocycles. The van der Waals surface area contributed by atoms with Crippen LogP contribution in [-0.4, -0.2) is 18.4 Å². The molecular formula is C7H10O3. The van der Waals surface area contributed by atoms with E-state index in [0.717, 1.165) is 0 Å². The van der Waals surface area contributed by atoms with Gasteiger partial charge < -0.3 is 4.74 Å². The van der Waals surface area contributed by atoms with Crippen LogP contribution in [0.4, 0.5) is 0 Å². The van der Waals surface area contributed by atoms with Gasteiger partial charge in [-0.05, 0) is 6.42 Å². The predicted molar refractivity (Wildman–Crippen MR) is 34.4 cm³/mol. The van der Waals surface area contributed by atoms with E-state index in [0.29, 0.717) is 12.8 Å². The summed E-state index contributed by atoms with van der Waals surface area (Å²) < 4.78 is 4.69. The Kier molecular flexibility index (Phi) is 2.04. The second-order valence-electron chi connectivity index (χ2n) is 2.34. The first kappa shape index (κ1) is 7.25. The third-order valence-electron chi connectivity index (χ3n) is 1.67. The minimum absolute atomic E-state index is 0.0266. The summed E-state index contributed by atoms with van der Waals surface area (Å²) in [4.78, 5) is 21.7. The zero-order chi connectivity index (χ0) is 7.56. The van der Waals surface area contributed by atoms with Gasteiger partial charge in [-0.15, -0.1) is 0 Å². The van der Waals surface area contributed by atoms with Gasteiger partial charge in [0.2, 0.25) is 0 Å². The lowest BCUT2D eigenvalue weighted by Crippen LogP contribution is -2.32. The van der Waals surface area contributed by atoms with Crippen molar-refractivity contribution in [3.8, 4) is 0 Å². The summed E-state index contributed by atoms with van der Waals surface area (Å²) in [6.45, 7) is 2.09. The first-order valence-electron chi connectivity index (χ1n) is 3.45. The number of carbonyl (C=O) groups is 2. The van der Waals surface area contributed by atoms with Crippen molar-refractivity contribution in [1.29, 1.82) is 0 Å². The van der Waals surface area contributed by atoms with Crippen LogP contribution >= 0.6 is 0 Å². The number of Topliss-reactive ketones (excluding diaryl/α,β-unsaturated/α-hetero) is 1. The molecule has 1 fully saturated rings. The van der Waals surface area contributed by atoms with Crippen molar-refractivity contribution in [2.45, 2.75) is 19.8 Å².